The highest BCUT2D eigenvalue weighted by Gasteiger charge is 2.21. The number of carbonyl (C=O) groups is 2. The van der Waals surface area contributed by atoms with Gasteiger partial charge in [-0.2, -0.15) is 0 Å². The molecule has 0 aliphatic heterocycles. The third kappa shape index (κ3) is 5.03. The Morgan fingerprint density at radius 1 is 1.35 bits per heavy atom. The molecule has 7 nitrogen and oxygen atoms in total. The Balaban J connectivity index is 2.16. The molecule has 0 fully saturated rings. The maximum absolute atomic E-state index is 12.2. The van der Waals surface area contributed by atoms with Crippen LogP contribution < -0.4 is 15.4 Å². The van der Waals surface area contributed by atoms with Gasteiger partial charge in [-0.15, -0.1) is 10.2 Å². The van der Waals surface area contributed by atoms with Gasteiger partial charge in [-0.05, 0) is 13.0 Å². The third-order valence-corrected chi connectivity index (χ3v) is 3.57. The van der Waals surface area contributed by atoms with Crippen molar-refractivity contribution in [1.29, 1.82) is 0 Å². The zero-order valence-corrected chi connectivity index (χ0v) is 13.7. The molecule has 0 aliphatic carbocycles. The molecule has 8 heteroatoms. The normalized spacial score (nSPS) is 11.6. The Kier molecular flexibility index (Phi) is 6.04. The first kappa shape index (κ1) is 16.9. The standard InChI is InChI=1S/C15H18N4O3S/c1-3-22-13-7-5-4-6-11(13)12(17-10(2)20)8-14(21)18-15-19-16-9-23-15/h4-7,9,12H,3,8H2,1-2H3,(H,17,20)(H,18,19,21). The molecule has 23 heavy (non-hydrogen) atoms. The monoisotopic (exact) mass is 334 g/mol. The molecule has 2 rings (SSSR count). The number of hydrogen-bond acceptors (Lipinski definition) is 6. The average molecular weight is 334 g/mol. The van der Waals surface area contributed by atoms with E-state index < -0.39 is 6.04 Å². The van der Waals surface area contributed by atoms with E-state index in [2.05, 4.69) is 20.8 Å². The van der Waals surface area contributed by atoms with Crippen LogP contribution in [0.2, 0.25) is 0 Å². The molecule has 1 aromatic heterocycles. The van der Waals surface area contributed by atoms with Crippen LogP contribution in [0.15, 0.2) is 29.8 Å². The van der Waals surface area contributed by atoms with Crippen LogP contribution in [-0.2, 0) is 9.59 Å². The smallest absolute Gasteiger partial charge is 0.228 e. The van der Waals surface area contributed by atoms with E-state index in [9.17, 15) is 9.59 Å². The molecule has 1 atom stereocenters. The van der Waals surface area contributed by atoms with Gasteiger partial charge in [-0.1, -0.05) is 29.5 Å². The molecule has 0 spiro atoms. The zero-order chi connectivity index (χ0) is 16.7. The van der Waals surface area contributed by atoms with Crippen molar-refractivity contribution in [1.82, 2.24) is 15.5 Å². The number of amides is 2. The number of nitrogens with zero attached hydrogens (tertiary/aromatic N) is 2. The number of para-hydroxylation sites is 1. The van der Waals surface area contributed by atoms with E-state index in [1.54, 1.807) is 0 Å². The van der Waals surface area contributed by atoms with Crippen LogP contribution in [0.5, 0.6) is 5.75 Å². The van der Waals surface area contributed by atoms with E-state index in [0.29, 0.717) is 17.5 Å². The maximum Gasteiger partial charge on any atom is 0.228 e. The third-order valence-electron chi connectivity index (χ3n) is 2.97. The number of anilines is 1. The lowest BCUT2D eigenvalue weighted by molar-refractivity contribution is -0.120. The molecule has 0 saturated carbocycles. The second-order valence-corrected chi connectivity index (χ2v) is 5.55. The fourth-order valence-electron chi connectivity index (χ4n) is 2.12. The highest BCUT2D eigenvalue weighted by Crippen LogP contribution is 2.27. The van der Waals surface area contributed by atoms with Crippen LogP contribution in [-0.4, -0.2) is 28.6 Å². The molecule has 122 valence electrons. The van der Waals surface area contributed by atoms with E-state index in [1.807, 2.05) is 31.2 Å². The minimum Gasteiger partial charge on any atom is -0.494 e. The van der Waals surface area contributed by atoms with Crippen LogP contribution in [0.4, 0.5) is 5.13 Å². The Bertz CT molecular complexity index is 661. The van der Waals surface area contributed by atoms with Gasteiger partial charge in [0.1, 0.15) is 11.3 Å². The van der Waals surface area contributed by atoms with Crippen molar-refractivity contribution in [2.24, 2.45) is 0 Å². The first-order valence-corrected chi connectivity index (χ1v) is 8.03. The number of ether oxygens (including phenoxy) is 1. The van der Waals surface area contributed by atoms with E-state index in [0.717, 1.165) is 5.56 Å². The molecule has 1 aromatic carbocycles. The largest absolute Gasteiger partial charge is 0.494 e. The summed E-state index contributed by atoms with van der Waals surface area (Å²) in [5.41, 5.74) is 2.29. The number of nitrogens with one attached hydrogen (secondary N) is 2. The van der Waals surface area contributed by atoms with E-state index in [4.69, 9.17) is 4.74 Å². The molecule has 2 aromatic rings. The van der Waals surface area contributed by atoms with Crippen molar-refractivity contribution in [3.8, 4) is 5.75 Å². The van der Waals surface area contributed by atoms with Gasteiger partial charge in [0.25, 0.3) is 0 Å². The predicted molar refractivity (Wildman–Crippen MR) is 87.3 cm³/mol. The van der Waals surface area contributed by atoms with Crippen LogP contribution >= 0.6 is 11.3 Å². The molecule has 0 aliphatic rings. The minimum atomic E-state index is -0.483. The van der Waals surface area contributed by atoms with E-state index in [-0.39, 0.29) is 18.2 Å². The van der Waals surface area contributed by atoms with Gasteiger partial charge in [0, 0.05) is 12.5 Å². The molecule has 2 N–H and O–H groups in total. The van der Waals surface area contributed by atoms with Gasteiger partial charge in [0.05, 0.1) is 19.1 Å². The van der Waals surface area contributed by atoms with Crippen molar-refractivity contribution in [3.05, 3.63) is 35.3 Å². The van der Waals surface area contributed by atoms with Gasteiger partial charge in [-0.3, -0.25) is 9.59 Å². The van der Waals surface area contributed by atoms with E-state index >= 15 is 0 Å². The van der Waals surface area contributed by atoms with Gasteiger partial charge >= 0.3 is 0 Å². The summed E-state index contributed by atoms with van der Waals surface area (Å²) in [7, 11) is 0. The number of carbonyl (C=O) groups excluding carboxylic acids is 2. The summed E-state index contributed by atoms with van der Waals surface area (Å²) in [5, 5.41) is 13.3. The topological polar surface area (TPSA) is 93.2 Å². The summed E-state index contributed by atoms with van der Waals surface area (Å²) in [4.78, 5) is 23.7. The molecule has 1 unspecified atom stereocenters. The lowest BCUT2D eigenvalue weighted by Crippen LogP contribution is -2.30. The molecular formula is C15H18N4O3S. The summed E-state index contributed by atoms with van der Waals surface area (Å²) in [5.74, 6) is 0.175. The van der Waals surface area contributed by atoms with Crippen LogP contribution in [0.25, 0.3) is 0 Å². The summed E-state index contributed by atoms with van der Waals surface area (Å²) >= 11 is 1.23. The molecule has 1 heterocycles. The fraction of sp³-hybridized carbons (Fsp3) is 0.333. The summed E-state index contributed by atoms with van der Waals surface area (Å²) in [6.45, 7) is 3.80. The molecular weight excluding hydrogens is 316 g/mol. The predicted octanol–water partition coefficient (Wildman–Crippen LogP) is 2.14. The molecule has 0 bridgehead atoms. The highest BCUT2D eigenvalue weighted by atomic mass is 32.1. The summed E-state index contributed by atoms with van der Waals surface area (Å²) < 4.78 is 5.58. The molecule has 0 radical (unpaired) electrons. The van der Waals surface area contributed by atoms with Gasteiger partial charge in [-0.25, -0.2) is 0 Å². The number of rotatable bonds is 7. The quantitative estimate of drug-likeness (QED) is 0.809. The zero-order valence-electron chi connectivity index (χ0n) is 12.9. The van der Waals surface area contributed by atoms with Gasteiger partial charge < -0.3 is 15.4 Å². The Hall–Kier alpha value is -2.48. The SMILES string of the molecule is CCOc1ccccc1C(CC(=O)Nc1nncs1)NC(C)=O. The highest BCUT2D eigenvalue weighted by molar-refractivity contribution is 7.13. The number of benzene rings is 1. The second kappa shape index (κ2) is 8.23. The Labute approximate surface area is 138 Å². The average Bonchev–Trinajstić information content (AvgIpc) is 3.00. The maximum atomic E-state index is 12.2. The summed E-state index contributed by atoms with van der Waals surface area (Å²) in [6.07, 6.45) is 0.0727. The summed E-state index contributed by atoms with van der Waals surface area (Å²) in [6, 6.07) is 6.86. The van der Waals surface area contributed by atoms with Gasteiger partial charge in [0.15, 0.2) is 0 Å². The first-order valence-electron chi connectivity index (χ1n) is 7.15. The van der Waals surface area contributed by atoms with E-state index in [1.165, 1.54) is 23.8 Å². The second-order valence-electron chi connectivity index (χ2n) is 4.72. The van der Waals surface area contributed by atoms with Crippen LogP contribution in [0.3, 0.4) is 0 Å². The van der Waals surface area contributed by atoms with Crippen molar-refractivity contribution < 1.29 is 14.3 Å². The lowest BCUT2D eigenvalue weighted by atomic mass is 10.0. The number of aromatic nitrogens is 2. The minimum absolute atomic E-state index is 0.0727. The van der Waals surface area contributed by atoms with Crippen LogP contribution in [0.1, 0.15) is 31.9 Å². The van der Waals surface area contributed by atoms with Crippen LogP contribution in [0, 0.1) is 0 Å². The Morgan fingerprint density at radius 2 is 2.13 bits per heavy atom. The van der Waals surface area contributed by atoms with Crippen molar-refractivity contribution >= 4 is 28.3 Å². The molecule has 0 saturated heterocycles. The Morgan fingerprint density at radius 3 is 2.78 bits per heavy atom. The van der Waals surface area contributed by atoms with Crippen molar-refractivity contribution in [2.75, 3.05) is 11.9 Å². The lowest BCUT2D eigenvalue weighted by Gasteiger charge is -2.20. The van der Waals surface area contributed by atoms with Gasteiger partial charge in [0.2, 0.25) is 16.9 Å². The molecule has 2 amide bonds. The fourth-order valence-corrected chi connectivity index (χ4v) is 2.58. The van der Waals surface area contributed by atoms with Crippen molar-refractivity contribution in [3.63, 3.8) is 0 Å². The first-order chi connectivity index (χ1) is 11.1. The number of hydrogen-bond donors (Lipinski definition) is 2. The van der Waals surface area contributed by atoms with Crippen molar-refractivity contribution in [2.45, 2.75) is 26.3 Å².